The number of aliphatic hydroxyl groups is 1. The van der Waals surface area contributed by atoms with Gasteiger partial charge in [0.05, 0.1) is 23.5 Å². The lowest BCUT2D eigenvalue weighted by molar-refractivity contribution is 0.0638. The maximum absolute atomic E-state index is 12.1. The highest BCUT2D eigenvalue weighted by atomic mass is 16.3. The molecule has 98 valence electrons. The molecule has 0 saturated heterocycles. The van der Waals surface area contributed by atoms with Crippen molar-refractivity contribution >= 4 is 11.6 Å². The SMILES string of the molecule is Nc1c(C(=O)NC2(CO)CCC2)n[nH]c1C1CC1. The van der Waals surface area contributed by atoms with Gasteiger partial charge in [0.2, 0.25) is 0 Å². The number of amides is 1. The summed E-state index contributed by atoms with van der Waals surface area (Å²) in [5.74, 6) is 0.152. The van der Waals surface area contributed by atoms with Crippen molar-refractivity contribution < 1.29 is 9.90 Å². The third-order valence-electron chi connectivity index (χ3n) is 4.03. The summed E-state index contributed by atoms with van der Waals surface area (Å²) < 4.78 is 0. The summed E-state index contributed by atoms with van der Waals surface area (Å²) in [4.78, 5) is 12.1. The molecule has 6 heteroatoms. The largest absolute Gasteiger partial charge is 0.395 e. The summed E-state index contributed by atoms with van der Waals surface area (Å²) in [5, 5.41) is 19.1. The zero-order chi connectivity index (χ0) is 12.8. The Kier molecular flexibility index (Phi) is 2.55. The average Bonchev–Trinajstić information content (AvgIpc) is 3.07. The Morgan fingerprint density at radius 2 is 2.28 bits per heavy atom. The van der Waals surface area contributed by atoms with E-state index < -0.39 is 5.54 Å². The van der Waals surface area contributed by atoms with E-state index in [1.54, 1.807) is 0 Å². The molecule has 0 aliphatic heterocycles. The molecule has 2 aliphatic carbocycles. The number of nitrogens with one attached hydrogen (secondary N) is 2. The predicted octanol–water partition coefficient (Wildman–Crippen LogP) is 0.514. The van der Waals surface area contributed by atoms with Crippen LogP contribution in [0.2, 0.25) is 0 Å². The van der Waals surface area contributed by atoms with Gasteiger partial charge < -0.3 is 16.2 Å². The molecule has 6 nitrogen and oxygen atoms in total. The normalized spacial score (nSPS) is 21.4. The number of nitrogen functional groups attached to an aromatic ring is 1. The van der Waals surface area contributed by atoms with Crippen LogP contribution < -0.4 is 11.1 Å². The molecule has 3 rings (SSSR count). The molecule has 2 fully saturated rings. The van der Waals surface area contributed by atoms with Crippen LogP contribution in [0.5, 0.6) is 0 Å². The van der Waals surface area contributed by atoms with E-state index in [2.05, 4.69) is 15.5 Å². The standard InChI is InChI=1S/C12H18N4O2/c13-8-9(7-2-3-7)15-16-10(8)11(18)14-12(6-17)4-1-5-12/h7,17H,1-6,13H2,(H,14,18)(H,15,16). The molecule has 1 aromatic heterocycles. The highest BCUT2D eigenvalue weighted by Crippen LogP contribution is 2.42. The first-order valence-corrected chi connectivity index (χ1v) is 6.42. The minimum absolute atomic E-state index is 0.0292. The van der Waals surface area contributed by atoms with Gasteiger partial charge in [0.25, 0.3) is 5.91 Å². The second-order valence-electron chi connectivity index (χ2n) is 5.42. The monoisotopic (exact) mass is 250 g/mol. The summed E-state index contributed by atoms with van der Waals surface area (Å²) >= 11 is 0. The molecule has 0 bridgehead atoms. The first-order valence-electron chi connectivity index (χ1n) is 6.42. The van der Waals surface area contributed by atoms with Gasteiger partial charge in [-0.05, 0) is 32.1 Å². The van der Waals surface area contributed by atoms with Gasteiger partial charge in [-0.1, -0.05) is 0 Å². The summed E-state index contributed by atoms with van der Waals surface area (Å²) in [6.45, 7) is -0.0292. The molecular weight excluding hydrogens is 232 g/mol. The smallest absolute Gasteiger partial charge is 0.274 e. The van der Waals surface area contributed by atoms with Crippen molar-refractivity contribution in [2.24, 2.45) is 0 Å². The molecule has 2 aliphatic rings. The molecule has 18 heavy (non-hydrogen) atoms. The fourth-order valence-electron chi connectivity index (χ4n) is 2.45. The van der Waals surface area contributed by atoms with E-state index in [9.17, 15) is 9.90 Å². The number of rotatable bonds is 4. The van der Waals surface area contributed by atoms with Crippen molar-refractivity contribution in [2.45, 2.75) is 43.6 Å². The highest BCUT2D eigenvalue weighted by molar-refractivity contribution is 5.98. The quantitative estimate of drug-likeness (QED) is 0.625. The zero-order valence-electron chi connectivity index (χ0n) is 10.2. The minimum atomic E-state index is -0.456. The number of nitrogens with zero attached hydrogens (tertiary/aromatic N) is 1. The van der Waals surface area contributed by atoms with E-state index in [1.165, 1.54) is 0 Å². The number of hydrogen-bond acceptors (Lipinski definition) is 4. The van der Waals surface area contributed by atoms with Gasteiger partial charge in [0, 0.05) is 5.92 Å². The number of carbonyl (C=O) groups excluding carboxylic acids is 1. The highest BCUT2D eigenvalue weighted by Gasteiger charge is 2.39. The van der Waals surface area contributed by atoms with Crippen LogP contribution in [-0.4, -0.2) is 33.4 Å². The van der Waals surface area contributed by atoms with E-state index in [0.717, 1.165) is 37.8 Å². The van der Waals surface area contributed by atoms with Crippen LogP contribution in [0.4, 0.5) is 5.69 Å². The Morgan fingerprint density at radius 3 is 2.78 bits per heavy atom. The van der Waals surface area contributed by atoms with Gasteiger partial charge >= 0.3 is 0 Å². The summed E-state index contributed by atoms with van der Waals surface area (Å²) in [5.41, 5.74) is 7.09. The lowest BCUT2D eigenvalue weighted by Crippen LogP contribution is -2.56. The number of nitrogens with two attached hydrogens (primary N) is 1. The topological polar surface area (TPSA) is 104 Å². The zero-order valence-corrected chi connectivity index (χ0v) is 10.2. The van der Waals surface area contributed by atoms with E-state index in [4.69, 9.17) is 5.73 Å². The van der Waals surface area contributed by atoms with Gasteiger partial charge in [-0.2, -0.15) is 5.10 Å². The first kappa shape index (κ1) is 11.5. The number of anilines is 1. The van der Waals surface area contributed by atoms with E-state index in [-0.39, 0.29) is 18.2 Å². The molecule has 1 aromatic rings. The van der Waals surface area contributed by atoms with Gasteiger partial charge in [-0.3, -0.25) is 9.89 Å². The first-order chi connectivity index (χ1) is 8.65. The third kappa shape index (κ3) is 1.77. The second-order valence-corrected chi connectivity index (χ2v) is 5.42. The number of hydrogen-bond donors (Lipinski definition) is 4. The molecule has 1 heterocycles. The van der Waals surface area contributed by atoms with Crippen LogP contribution in [0, 0.1) is 0 Å². The van der Waals surface area contributed by atoms with Crippen molar-refractivity contribution in [3.05, 3.63) is 11.4 Å². The number of carbonyl (C=O) groups is 1. The fraction of sp³-hybridized carbons (Fsp3) is 0.667. The lowest BCUT2D eigenvalue weighted by Gasteiger charge is -2.40. The van der Waals surface area contributed by atoms with Crippen molar-refractivity contribution in [1.29, 1.82) is 0 Å². The summed E-state index contributed by atoms with van der Waals surface area (Å²) in [6, 6.07) is 0. The van der Waals surface area contributed by atoms with Crippen LogP contribution in [-0.2, 0) is 0 Å². The average molecular weight is 250 g/mol. The van der Waals surface area contributed by atoms with Gasteiger partial charge in [-0.25, -0.2) is 0 Å². The van der Waals surface area contributed by atoms with Gasteiger partial charge in [-0.15, -0.1) is 0 Å². The lowest BCUT2D eigenvalue weighted by atomic mass is 9.77. The molecule has 0 unspecified atom stereocenters. The molecule has 0 spiro atoms. The summed E-state index contributed by atoms with van der Waals surface area (Å²) in [7, 11) is 0. The summed E-state index contributed by atoms with van der Waals surface area (Å²) in [6.07, 6.45) is 4.87. The Bertz CT molecular complexity index is 469. The number of aromatic nitrogens is 2. The Morgan fingerprint density at radius 1 is 1.56 bits per heavy atom. The molecule has 0 atom stereocenters. The van der Waals surface area contributed by atoms with E-state index >= 15 is 0 Å². The number of H-pyrrole nitrogens is 1. The van der Waals surface area contributed by atoms with E-state index in [1.807, 2.05) is 0 Å². The van der Waals surface area contributed by atoms with Crippen molar-refractivity contribution in [3.8, 4) is 0 Å². The van der Waals surface area contributed by atoms with Gasteiger partial charge in [0.1, 0.15) is 0 Å². The van der Waals surface area contributed by atoms with Crippen LogP contribution >= 0.6 is 0 Å². The Hall–Kier alpha value is -1.56. The number of aromatic amines is 1. The molecule has 5 N–H and O–H groups in total. The van der Waals surface area contributed by atoms with E-state index in [0.29, 0.717) is 11.6 Å². The van der Waals surface area contributed by atoms with Crippen LogP contribution in [0.1, 0.15) is 54.2 Å². The third-order valence-corrected chi connectivity index (χ3v) is 4.03. The molecule has 0 radical (unpaired) electrons. The van der Waals surface area contributed by atoms with Crippen LogP contribution in [0.25, 0.3) is 0 Å². The minimum Gasteiger partial charge on any atom is -0.395 e. The molecular formula is C12H18N4O2. The van der Waals surface area contributed by atoms with Crippen molar-refractivity contribution in [3.63, 3.8) is 0 Å². The van der Waals surface area contributed by atoms with Crippen molar-refractivity contribution in [1.82, 2.24) is 15.5 Å². The molecule has 1 amide bonds. The predicted molar refractivity (Wildman–Crippen MR) is 66.1 cm³/mol. The van der Waals surface area contributed by atoms with Gasteiger partial charge in [0.15, 0.2) is 5.69 Å². The van der Waals surface area contributed by atoms with Crippen LogP contribution in [0.3, 0.4) is 0 Å². The Balaban J connectivity index is 1.75. The van der Waals surface area contributed by atoms with Crippen LogP contribution in [0.15, 0.2) is 0 Å². The second kappa shape index (κ2) is 3.98. The maximum Gasteiger partial charge on any atom is 0.274 e. The molecule has 0 aromatic carbocycles. The molecule has 2 saturated carbocycles. The maximum atomic E-state index is 12.1. The Labute approximate surface area is 105 Å². The fourth-order valence-corrected chi connectivity index (χ4v) is 2.45. The number of aliphatic hydroxyl groups excluding tert-OH is 1. The van der Waals surface area contributed by atoms with Crippen molar-refractivity contribution in [2.75, 3.05) is 12.3 Å².